The van der Waals surface area contributed by atoms with Crippen LogP contribution in [0.5, 0.6) is 0 Å². The Kier molecular flexibility index (Phi) is 16.0. The van der Waals surface area contributed by atoms with Crippen molar-refractivity contribution in [3.8, 4) is 0 Å². The van der Waals surface area contributed by atoms with Crippen LogP contribution in [0.2, 0.25) is 0 Å². The molecule has 230 valence electrons. The highest BCUT2D eigenvalue weighted by atomic mass is 16.4. The SMILES string of the molecule is CCCCCC[C@@H](O)CC=CCCCCCC(CC(O)CO)C(C(=O)O)(C(=O)c1ccccc1)C(=O)c1ccccc1. The molecule has 2 unspecified atom stereocenters. The molecule has 4 N–H and O–H groups in total. The number of rotatable bonds is 22. The zero-order valence-electron chi connectivity index (χ0n) is 24.9. The van der Waals surface area contributed by atoms with Gasteiger partial charge in [0.2, 0.25) is 0 Å². The average Bonchev–Trinajstić information content (AvgIpc) is 3.01. The van der Waals surface area contributed by atoms with E-state index in [4.69, 9.17) is 0 Å². The molecular weight excluding hydrogens is 532 g/mol. The van der Waals surface area contributed by atoms with Crippen LogP contribution in [-0.4, -0.2) is 56.8 Å². The first-order valence-corrected chi connectivity index (χ1v) is 15.3. The third-order valence-corrected chi connectivity index (χ3v) is 7.89. The second-order valence-corrected chi connectivity index (χ2v) is 11.1. The van der Waals surface area contributed by atoms with Crippen LogP contribution in [0.1, 0.15) is 105 Å². The maximum atomic E-state index is 14.0. The van der Waals surface area contributed by atoms with Crippen molar-refractivity contribution in [3.63, 3.8) is 0 Å². The lowest BCUT2D eigenvalue weighted by Crippen LogP contribution is -2.53. The predicted molar refractivity (Wildman–Crippen MR) is 164 cm³/mol. The summed E-state index contributed by atoms with van der Waals surface area (Å²) in [5, 5.41) is 40.8. The van der Waals surface area contributed by atoms with Crippen LogP contribution in [0.4, 0.5) is 0 Å². The number of carboxylic acid groups (broad SMARTS) is 1. The molecule has 2 rings (SSSR count). The van der Waals surface area contributed by atoms with Gasteiger partial charge < -0.3 is 20.4 Å². The molecule has 0 bridgehead atoms. The van der Waals surface area contributed by atoms with Gasteiger partial charge in [0.1, 0.15) is 0 Å². The van der Waals surface area contributed by atoms with E-state index in [9.17, 15) is 34.8 Å². The molecule has 0 heterocycles. The van der Waals surface area contributed by atoms with Crippen molar-refractivity contribution >= 4 is 17.5 Å². The summed E-state index contributed by atoms with van der Waals surface area (Å²) in [6.07, 6.45) is 11.3. The number of ketones is 2. The molecule has 2 aromatic carbocycles. The number of aliphatic hydroxyl groups is 3. The summed E-state index contributed by atoms with van der Waals surface area (Å²) in [5.74, 6) is -4.25. The van der Waals surface area contributed by atoms with Gasteiger partial charge in [-0.3, -0.25) is 14.4 Å². The Morgan fingerprint density at radius 2 is 1.29 bits per heavy atom. The molecule has 0 aliphatic heterocycles. The smallest absolute Gasteiger partial charge is 0.325 e. The molecule has 0 aliphatic carbocycles. The van der Waals surface area contributed by atoms with E-state index < -0.39 is 41.6 Å². The van der Waals surface area contributed by atoms with Gasteiger partial charge >= 0.3 is 5.97 Å². The predicted octanol–water partition coefficient (Wildman–Crippen LogP) is 6.41. The first kappa shape index (κ1) is 35.1. The molecule has 0 aliphatic rings. The molecule has 0 saturated carbocycles. The van der Waals surface area contributed by atoms with Crippen molar-refractivity contribution in [3.05, 3.63) is 83.9 Å². The van der Waals surface area contributed by atoms with Crippen LogP contribution in [-0.2, 0) is 4.79 Å². The number of hydrogen-bond acceptors (Lipinski definition) is 6. The van der Waals surface area contributed by atoms with E-state index in [1.807, 2.05) is 12.2 Å². The van der Waals surface area contributed by atoms with E-state index in [0.29, 0.717) is 12.8 Å². The quantitative estimate of drug-likeness (QED) is 0.0547. The van der Waals surface area contributed by atoms with E-state index in [1.54, 1.807) is 36.4 Å². The van der Waals surface area contributed by atoms with Crippen LogP contribution in [0.15, 0.2) is 72.8 Å². The molecule has 0 aromatic heterocycles. The number of hydrogen-bond donors (Lipinski definition) is 4. The molecular formula is C35H48O7. The molecule has 7 nitrogen and oxygen atoms in total. The Morgan fingerprint density at radius 3 is 1.81 bits per heavy atom. The first-order chi connectivity index (χ1) is 20.3. The maximum Gasteiger partial charge on any atom is 0.325 e. The second-order valence-electron chi connectivity index (χ2n) is 11.1. The normalized spacial score (nSPS) is 14.0. The van der Waals surface area contributed by atoms with E-state index in [-0.39, 0.29) is 30.1 Å². The summed E-state index contributed by atoms with van der Waals surface area (Å²) < 4.78 is 0. The molecule has 0 saturated heterocycles. The zero-order chi connectivity index (χ0) is 30.8. The fourth-order valence-electron chi connectivity index (χ4n) is 5.52. The summed E-state index contributed by atoms with van der Waals surface area (Å²) in [7, 11) is 0. The molecule has 3 atom stereocenters. The number of carbonyl (C=O) groups excluding carboxylic acids is 2. The lowest BCUT2D eigenvalue weighted by molar-refractivity contribution is -0.146. The minimum Gasteiger partial charge on any atom is -0.480 e. The molecule has 0 amide bonds. The van der Waals surface area contributed by atoms with Gasteiger partial charge in [-0.2, -0.15) is 0 Å². The number of allylic oxidation sites excluding steroid dienone is 1. The van der Waals surface area contributed by atoms with Crippen molar-refractivity contribution in [1.29, 1.82) is 0 Å². The largest absolute Gasteiger partial charge is 0.480 e. The van der Waals surface area contributed by atoms with Gasteiger partial charge in [-0.05, 0) is 44.4 Å². The number of unbranched alkanes of at least 4 members (excludes halogenated alkanes) is 6. The molecule has 0 fully saturated rings. The zero-order valence-corrected chi connectivity index (χ0v) is 24.9. The summed E-state index contributed by atoms with van der Waals surface area (Å²) in [6, 6.07) is 15.8. The number of benzene rings is 2. The summed E-state index contributed by atoms with van der Waals surface area (Å²) in [5.41, 5.74) is -2.26. The van der Waals surface area contributed by atoms with E-state index in [2.05, 4.69) is 6.92 Å². The van der Waals surface area contributed by atoms with Crippen LogP contribution < -0.4 is 0 Å². The summed E-state index contributed by atoms with van der Waals surface area (Å²) >= 11 is 0. The van der Waals surface area contributed by atoms with Crippen LogP contribution in [0.3, 0.4) is 0 Å². The summed E-state index contributed by atoms with van der Waals surface area (Å²) in [4.78, 5) is 41.1. The number of carbonyl (C=O) groups is 3. The lowest BCUT2D eigenvalue weighted by Gasteiger charge is -2.36. The van der Waals surface area contributed by atoms with E-state index >= 15 is 0 Å². The average molecular weight is 581 g/mol. The van der Waals surface area contributed by atoms with Gasteiger partial charge in [0.25, 0.3) is 0 Å². The third kappa shape index (κ3) is 10.3. The Hall–Kier alpha value is -3.13. The van der Waals surface area contributed by atoms with Gasteiger partial charge in [0.05, 0.1) is 18.8 Å². The molecule has 0 radical (unpaired) electrons. The van der Waals surface area contributed by atoms with Gasteiger partial charge in [-0.1, -0.05) is 118 Å². The fourth-order valence-corrected chi connectivity index (χ4v) is 5.52. The maximum absolute atomic E-state index is 14.0. The topological polar surface area (TPSA) is 132 Å². The van der Waals surface area contributed by atoms with Crippen LogP contribution in [0, 0.1) is 11.3 Å². The lowest BCUT2D eigenvalue weighted by atomic mass is 9.62. The van der Waals surface area contributed by atoms with Crippen LogP contribution in [0.25, 0.3) is 0 Å². The number of Topliss-reactive ketones (excluding diaryl/α,β-unsaturated/α-hetero) is 2. The first-order valence-electron chi connectivity index (χ1n) is 15.3. The van der Waals surface area contributed by atoms with Gasteiger partial charge in [-0.15, -0.1) is 0 Å². The van der Waals surface area contributed by atoms with Crippen molar-refractivity contribution in [2.75, 3.05) is 6.61 Å². The highest BCUT2D eigenvalue weighted by Crippen LogP contribution is 2.42. The van der Waals surface area contributed by atoms with Crippen molar-refractivity contribution < 1.29 is 34.8 Å². The molecule has 0 spiro atoms. The minimum atomic E-state index is -2.47. The van der Waals surface area contributed by atoms with Crippen molar-refractivity contribution in [2.45, 2.75) is 96.2 Å². The standard InChI is InChI=1S/C35H48O7/c1-2-3-4-16-23-30(37)24-17-8-6-5-7-15-22-29(25-31(38)26-36)35(34(41)42,32(39)27-18-11-9-12-19-27)33(40)28-20-13-10-14-21-28/h8-14,17-21,29-31,36-38H,2-7,15-16,22-26H2,1H3,(H,41,42)/t29?,30-,31?/m1/s1. The van der Waals surface area contributed by atoms with Gasteiger partial charge in [0, 0.05) is 11.1 Å². The van der Waals surface area contributed by atoms with Crippen LogP contribution >= 0.6 is 0 Å². The number of carboxylic acids is 1. The Morgan fingerprint density at radius 1 is 0.738 bits per heavy atom. The second kappa shape index (κ2) is 19.1. The molecule has 2 aromatic rings. The van der Waals surface area contributed by atoms with E-state index in [0.717, 1.165) is 38.5 Å². The summed E-state index contributed by atoms with van der Waals surface area (Å²) in [6.45, 7) is 1.55. The minimum absolute atomic E-state index is 0.102. The highest BCUT2D eigenvalue weighted by Gasteiger charge is 2.58. The van der Waals surface area contributed by atoms with Gasteiger partial charge in [-0.25, -0.2) is 0 Å². The Bertz CT molecular complexity index is 1050. The van der Waals surface area contributed by atoms with Crippen molar-refractivity contribution in [2.24, 2.45) is 11.3 Å². The van der Waals surface area contributed by atoms with Crippen molar-refractivity contribution in [1.82, 2.24) is 0 Å². The molecule has 42 heavy (non-hydrogen) atoms. The number of aliphatic carboxylic acids is 1. The van der Waals surface area contributed by atoms with Gasteiger partial charge in [0.15, 0.2) is 17.0 Å². The Labute approximate surface area is 250 Å². The van der Waals surface area contributed by atoms with E-state index in [1.165, 1.54) is 37.1 Å². The fraction of sp³-hybridized carbons (Fsp3) is 0.514. The molecule has 7 heteroatoms. The highest BCUT2D eigenvalue weighted by molar-refractivity contribution is 6.30. The Balaban J connectivity index is 2.19. The third-order valence-electron chi connectivity index (χ3n) is 7.89. The monoisotopic (exact) mass is 580 g/mol. The number of aliphatic hydroxyl groups excluding tert-OH is 3.